The number of fused-ring (bicyclic) bond motifs is 1. The van der Waals surface area contributed by atoms with Crippen LogP contribution in [0.4, 0.5) is 5.69 Å². The van der Waals surface area contributed by atoms with Gasteiger partial charge in [0.2, 0.25) is 11.8 Å². The molecule has 0 radical (unpaired) electrons. The zero-order chi connectivity index (χ0) is 26.6. The number of nitrogens with one attached hydrogen (secondary N) is 2. The first-order valence-corrected chi connectivity index (χ1v) is 13.5. The average Bonchev–Trinajstić information content (AvgIpc) is 2.91. The van der Waals surface area contributed by atoms with Gasteiger partial charge in [0.1, 0.15) is 0 Å². The number of amides is 2. The topological polar surface area (TPSA) is 84.2 Å². The summed E-state index contributed by atoms with van der Waals surface area (Å²) in [7, 11) is 2.03. The van der Waals surface area contributed by atoms with E-state index in [1.54, 1.807) is 12.1 Å². The Kier molecular flexibility index (Phi) is 8.58. The van der Waals surface area contributed by atoms with E-state index in [0.29, 0.717) is 47.0 Å². The van der Waals surface area contributed by atoms with E-state index >= 15 is 0 Å². The smallest absolute Gasteiger partial charge is 0.237 e. The number of hydrogen-bond donors (Lipinski definition) is 3. The van der Waals surface area contributed by atoms with Crippen LogP contribution in [0.2, 0.25) is 10.0 Å². The Morgan fingerprint density at radius 2 is 1.68 bits per heavy atom. The van der Waals surface area contributed by atoms with Crippen molar-refractivity contribution in [3.63, 3.8) is 0 Å². The second-order valence-electron chi connectivity index (χ2n) is 9.71. The molecule has 2 aliphatic rings. The number of piperidine rings is 1. The number of benzene rings is 3. The number of anilines is 1. The van der Waals surface area contributed by atoms with Gasteiger partial charge in [-0.3, -0.25) is 14.9 Å². The van der Waals surface area contributed by atoms with E-state index < -0.39 is 5.41 Å². The van der Waals surface area contributed by atoms with Gasteiger partial charge < -0.3 is 11.1 Å². The molecule has 4 N–H and O–H groups in total. The molecule has 1 aliphatic heterocycles. The van der Waals surface area contributed by atoms with Crippen LogP contribution in [0.3, 0.4) is 0 Å². The largest absolute Gasteiger partial charge is 0.399 e. The highest BCUT2D eigenvalue weighted by atomic mass is 35.5. The van der Waals surface area contributed by atoms with Crippen molar-refractivity contribution >= 4 is 40.7 Å². The second-order valence-corrected chi connectivity index (χ2v) is 10.5. The molecule has 3 aromatic carbocycles. The molecule has 0 saturated carbocycles. The van der Waals surface area contributed by atoms with Crippen molar-refractivity contribution in [3.05, 3.63) is 99.0 Å². The molecule has 0 spiro atoms. The van der Waals surface area contributed by atoms with E-state index in [4.69, 9.17) is 28.9 Å². The molecule has 1 saturated heterocycles. The van der Waals surface area contributed by atoms with E-state index in [2.05, 4.69) is 41.0 Å². The van der Waals surface area contributed by atoms with Gasteiger partial charge in [-0.25, -0.2) is 0 Å². The summed E-state index contributed by atoms with van der Waals surface area (Å²) in [5.74, 6) is 0.0288. The zero-order valence-corrected chi connectivity index (χ0v) is 22.7. The van der Waals surface area contributed by atoms with E-state index in [1.807, 2.05) is 38.2 Å². The van der Waals surface area contributed by atoms with Crippen LogP contribution in [0, 0.1) is 0 Å². The Morgan fingerprint density at radius 3 is 2.30 bits per heavy atom. The Labute approximate surface area is 228 Å². The van der Waals surface area contributed by atoms with E-state index in [9.17, 15) is 9.59 Å². The molecule has 5 nitrogen and oxygen atoms in total. The molecule has 1 fully saturated rings. The van der Waals surface area contributed by atoms with Crippen LogP contribution in [-0.2, 0) is 15.0 Å². The number of nitrogens with two attached hydrogens (primary N) is 1. The van der Waals surface area contributed by atoms with Gasteiger partial charge in [0.15, 0.2) is 0 Å². The maximum Gasteiger partial charge on any atom is 0.237 e. The van der Waals surface area contributed by atoms with Gasteiger partial charge >= 0.3 is 0 Å². The zero-order valence-electron chi connectivity index (χ0n) is 21.2. The highest BCUT2D eigenvalue weighted by Gasteiger charge is 2.42. The summed E-state index contributed by atoms with van der Waals surface area (Å²) >= 11 is 12.2. The van der Waals surface area contributed by atoms with Crippen molar-refractivity contribution in [2.75, 3.05) is 12.8 Å². The molecule has 1 aliphatic carbocycles. The van der Waals surface area contributed by atoms with Gasteiger partial charge in [0.25, 0.3) is 0 Å². The van der Waals surface area contributed by atoms with Crippen LogP contribution in [0.15, 0.2) is 66.7 Å². The number of imide groups is 1. The van der Waals surface area contributed by atoms with Gasteiger partial charge in [-0.1, -0.05) is 72.6 Å². The van der Waals surface area contributed by atoms with Crippen LogP contribution >= 0.6 is 23.2 Å². The maximum atomic E-state index is 12.1. The van der Waals surface area contributed by atoms with Crippen LogP contribution in [0.25, 0.3) is 0 Å². The molecule has 37 heavy (non-hydrogen) atoms. The summed E-state index contributed by atoms with van der Waals surface area (Å²) in [6.07, 6.45) is 3.90. The predicted molar refractivity (Wildman–Crippen MR) is 151 cm³/mol. The Bertz CT molecular complexity index is 1280. The normalized spacial score (nSPS) is 22.9. The molecule has 5 rings (SSSR count). The Hall–Kier alpha value is -2.86. The van der Waals surface area contributed by atoms with Gasteiger partial charge in [0.05, 0.1) is 15.5 Å². The Morgan fingerprint density at radius 1 is 0.973 bits per heavy atom. The minimum absolute atomic E-state index is 0.186. The first-order valence-electron chi connectivity index (χ1n) is 12.7. The van der Waals surface area contributed by atoms with Crippen LogP contribution in [0.5, 0.6) is 0 Å². The van der Waals surface area contributed by atoms with Crippen molar-refractivity contribution in [3.8, 4) is 0 Å². The van der Waals surface area contributed by atoms with E-state index in [0.717, 1.165) is 18.4 Å². The fourth-order valence-corrected chi connectivity index (χ4v) is 5.84. The predicted octanol–water partition coefficient (Wildman–Crippen LogP) is 6.53. The van der Waals surface area contributed by atoms with Crippen LogP contribution in [-0.4, -0.2) is 18.9 Å². The lowest BCUT2D eigenvalue weighted by molar-refractivity contribution is -0.138. The third-order valence-corrected chi connectivity index (χ3v) is 8.46. The monoisotopic (exact) mass is 537 g/mol. The summed E-state index contributed by atoms with van der Waals surface area (Å²) in [5.41, 5.74) is 10.7. The summed E-state index contributed by atoms with van der Waals surface area (Å²) in [6.45, 7) is 1.96. The van der Waals surface area contributed by atoms with Crippen molar-refractivity contribution in [1.29, 1.82) is 0 Å². The van der Waals surface area contributed by atoms with E-state index in [1.165, 1.54) is 16.7 Å². The third-order valence-electron chi connectivity index (χ3n) is 7.72. The standard InChI is InChI=1S/C17H17Cl2N.C13H16N2O2/c1-20-17-9-7-12(13-4-2-3-5-14(13)17)11-6-8-15(18)16(19)10-11;1-2-13(8-7-11(16)15-12(13)17)9-3-5-10(14)6-4-9/h2-6,8,10,12,17,20H,7,9H2,1H3;3-6H,2,7-8,14H2,1H3,(H,15,16,17)/t12-,17-;/m0./s1. The molecule has 3 aromatic rings. The maximum absolute atomic E-state index is 12.1. The SMILES string of the molecule is CCC1(c2ccc(N)cc2)CCC(=O)NC1=O.CN[C@H]1CC[C@@H](c2ccc(Cl)c(Cl)c2)c2ccccc21. The first-order chi connectivity index (χ1) is 17.8. The lowest BCUT2D eigenvalue weighted by atomic mass is 9.72. The minimum atomic E-state index is -0.582. The minimum Gasteiger partial charge on any atom is -0.399 e. The van der Waals surface area contributed by atoms with Crippen molar-refractivity contribution in [1.82, 2.24) is 10.6 Å². The number of rotatable bonds is 4. The average molecular weight is 539 g/mol. The molecule has 2 amide bonds. The number of carbonyl (C=O) groups is 2. The molecule has 1 heterocycles. The number of carbonyl (C=O) groups excluding carboxylic acids is 2. The molecule has 7 heteroatoms. The molecular weight excluding hydrogens is 505 g/mol. The number of halogens is 2. The van der Waals surface area contributed by atoms with Gasteiger partial charge in [0, 0.05) is 24.1 Å². The summed E-state index contributed by atoms with van der Waals surface area (Å²) in [4.78, 5) is 23.3. The lowest BCUT2D eigenvalue weighted by Crippen LogP contribution is -2.51. The van der Waals surface area contributed by atoms with Crippen molar-refractivity contribution in [2.24, 2.45) is 0 Å². The fraction of sp³-hybridized carbons (Fsp3) is 0.333. The molecule has 0 aromatic heterocycles. The number of hydrogen-bond acceptors (Lipinski definition) is 4. The van der Waals surface area contributed by atoms with Gasteiger partial charge in [-0.15, -0.1) is 0 Å². The quantitative estimate of drug-likeness (QED) is 0.260. The highest BCUT2D eigenvalue weighted by Crippen LogP contribution is 2.42. The lowest BCUT2D eigenvalue weighted by Gasteiger charge is -2.34. The third kappa shape index (κ3) is 5.69. The van der Waals surface area contributed by atoms with Crippen LogP contribution < -0.4 is 16.4 Å². The van der Waals surface area contributed by atoms with Gasteiger partial charge in [-0.05, 0) is 79.3 Å². The molecule has 194 valence electrons. The molecule has 0 bridgehead atoms. The Balaban J connectivity index is 0.000000176. The van der Waals surface area contributed by atoms with Crippen LogP contribution in [0.1, 0.15) is 73.2 Å². The molecule has 1 unspecified atom stereocenters. The first kappa shape index (κ1) is 27.2. The highest BCUT2D eigenvalue weighted by molar-refractivity contribution is 6.42. The summed E-state index contributed by atoms with van der Waals surface area (Å²) in [5, 5.41) is 7.09. The summed E-state index contributed by atoms with van der Waals surface area (Å²) in [6, 6.07) is 22.4. The second kappa shape index (κ2) is 11.7. The fourth-order valence-electron chi connectivity index (χ4n) is 5.53. The van der Waals surface area contributed by atoms with Crippen molar-refractivity contribution in [2.45, 2.75) is 56.4 Å². The van der Waals surface area contributed by atoms with Crippen molar-refractivity contribution < 1.29 is 9.59 Å². The molecule has 3 atom stereocenters. The molecular formula is C30H33Cl2N3O2. The van der Waals surface area contributed by atoms with Gasteiger partial charge in [-0.2, -0.15) is 0 Å². The summed E-state index contributed by atoms with van der Waals surface area (Å²) < 4.78 is 0. The number of nitrogen functional groups attached to an aromatic ring is 1. The van der Waals surface area contributed by atoms with E-state index in [-0.39, 0.29) is 11.8 Å².